The van der Waals surface area contributed by atoms with Crippen molar-refractivity contribution in [2.45, 2.75) is 0 Å². The van der Waals surface area contributed by atoms with Crippen molar-refractivity contribution < 1.29 is 9.18 Å². The van der Waals surface area contributed by atoms with Crippen molar-refractivity contribution >= 4 is 17.3 Å². The van der Waals surface area contributed by atoms with Crippen LogP contribution in [0.4, 0.5) is 15.8 Å². The highest BCUT2D eigenvalue weighted by Gasteiger charge is 2.12. The molecule has 0 spiro atoms. The van der Waals surface area contributed by atoms with E-state index in [4.69, 9.17) is 5.73 Å². The van der Waals surface area contributed by atoms with Crippen LogP contribution in [0.1, 0.15) is 10.5 Å². The molecule has 0 saturated carbocycles. The van der Waals surface area contributed by atoms with E-state index < -0.39 is 11.9 Å². The van der Waals surface area contributed by atoms with Gasteiger partial charge in [-0.15, -0.1) is 0 Å². The maximum atomic E-state index is 13.0. The summed E-state index contributed by atoms with van der Waals surface area (Å²) in [6.45, 7) is 0. The number of nitrogens with one attached hydrogen (secondary N) is 1. The van der Waals surface area contributed by atoms with Crippen LogP contribution in [0.2, 0.25) is 0 Å². The summed E-state index contributed by atoms with van der Waals surface area (Å²) >= 11 is 0. The lowest BCUT2D eigenvalue weighted by molar-refractivity contribution is 0.102. The minimum atomic E-state index is -0.564. The van der Waals surface area contributed by atoms with Crippen LogP contribution in [0.5, 0.6) is 0 Å². The van der Waals surface area contributed by atoms with Crippen molar-refractivity contribution in [1.82, 2.24) is 24.7 Å². The molecule has 4 rings (SSSR count). The second-order valence-electron chi connectivity index (χ2n) is 6.32. The minimum Gasteiger partial charge on any atom is -0.397 e. The topological polar surface area (TPSA) is 112 Å². The maximum Gasteiger partial charge on any atom is 0.275 e. The Balaban J connectivity index is 1.55. The molecule has 1 amide bonds. The zero-order valence-corrected chi connectivity index (χ0v) is 15.4. The molecule has 29 heavy (non-hydrogen) atoms. The molecule has 0 atom stereocenters. The monoisotopic (exact) mass is 389 g/mol. The molecule has 9 heteroatoms. The number of benzene rings is 1. The molecule has 0 radical (unpaired) electrons. The van der Waals surface area contributed by atoms with Crippen molar-refractivity contribution in [3.05, 3.63) is 73.0 Å². The van der Waals surface area contributed by atoms with E-state index in [-0.39, 0.29) is 5.69 Å². The molecule has 144 valence electrons. The van der Waals surface area contributed by atoms with Crippen LogP contribution >= 0.6 is 0 Å². The van der Waals surface area contributed by atoms with Gasteiger partial charge in [-0.25, -0.2) is 9.97 Å². The molecular formula is C20H16FN7O. The van der Waals surface area contributed by atoms with Crippen LogP contribution < -0.4 is 11.1 Å². The zero-order valence-electron chi connectivity index (χ0n) is 15.4. The van der Waals surface area contributed by atoms with Crippen molar-refractivity contribution in [3.8, 4) is 22.4 Å². The van der Waals surface area contributed by atoms with Gasteiger partial charge in [0, 0.05) is 30.6 Å². The van der Waals surface area contributed by atoms with Gasteiger partial charge in [-0.1, -0.05) is 6.07 Å². The molecule has 1 aromatic carbocycles. The molecule has 0 bridgehead atoms. The predicted molar refractivity (Wildman–Crippen MR) is 106 cm³/mol. The number of nitrogens with two attached hydrogens (primary N) is 1. The lowest BCUT2D eigenvalue weighted by Gasteiger charge is -2.10. The fraction of sp³-hybridized carbons (Fsp3) is 0.0500. The van der Waals surface area contributed by atoms with E-state index in [1.807, 2.05) is 0 Å². The molecule has 3 aromatic heterocycles. The van der Waals surface area contributed by atoms with Gasteiger partial charge < -0.3 is 11.1 Å². The van der Waals surface area contributed by atoms with Crippen molar-refractivity contribution in [2.75, 3.05) is 11.1 Å². The highest BCUT2D eigenvalue weighted by molar-refractivity contribution is 6.04. The van der Waals surface area contributed by atoms with Gasteiger partial charge in [-0.2, -0.15) is 9.49 Å². The summed E-state index contributed by atoms with van der Waals surface area (Å²) < 4.78 is 14.7. The van der Waals surface area contributed by atoms with Crippen LogP contribution in [0.3, 0.4) is 0 Å². The van der Waals surface area contributed by atoms with Gasteiger partial charge in [0.2, 0.25) is 5.95 Å². The third kappa shape index (κ3) is 3.93. The smallest absolute Gasteiger partial charge is 0.275 e. The third-order valence-electron chi connectivity index (χ3n) is 4.25. The first-order valence-electron chi connectivity index (χ1n) is 8.63. The van der Waals surface area contributed by atoms with E-state index in [0.29, 0.717) is 22.6 Å². The van der Waals surface area contributed by atoms with Gasteiger partial charge in [0.1, 0.15) is 5.69 Å². The summed E-state index contributed by atoms with van der Waals surface area (Å²) in [5, 5.41) is 6.82. The van der Waals surface area contributed by atoms with Gasteiger partial charge in [0.15, 0.2) is 0 Å². The number of anilines is 2. The Morgan fingerprint density at radius 1 is 1.00 bits per heavy atom. The number of nitrogen functional groups attached to an aromatic ring is 1. The number of hydrogen-bond acceptors (Lipinski definition) is 6. The summed E-state index contributed by atoms with van der Waals surface area (Å²) in [6, 6.07) is 7.99. The standard InChI is InChI=1S/C20H16FN7O/c1-28-11-14(8-26-28)17-9-24-18(10-23-17)20(29)27-16-6-12(2-4-15(16)22)13-3-5-19(21)25-7-13/h2-11H,22H2,1H3,(H,27,29). The highest BCUT2D eigenvalue weighted by atomic mass is 19.1. The summed E-state index contributed by atoms with van der Waals surface area (Å²) in [5.41, 5.74) is 9.77. The number of aromatic nitrogens is 5. The van der Waals surface area contributed by atoms with E-state index in [0.717, 1.165) is 11.1 Å². The Hall–Kier alpha value is -4.14. The lowest BCUT2D eigenvalue weighted by atomic mass is 10.1. The largest absolute Gasteiger partial charge is 0.397 e. The first-order valence-corrected chi connectivity index (χ1v) is 8.63. The molecule has 0 aliphatic heterocycles. The second kappa shape index (κ2) is 7.47. The number of aryl methyl sites for hydroxylation is 1. The van der Waals surface area contributed by atoms with Gasteiger partial charge in [0.05, 0.1) is 35.7 Å². The molecule has 0 aliphatic rings. The van der Waals surface area contributed by atoms with E-state index in [1.165, 1.54) is 24.7 Å². The molecule has 0 fully saturated rings. The summed E-state index contributed by atoms with van der Waals surface area (Å²) in [4.78, 5) is 24.6. The van der Waals surface area contributed by atoms with Crippen LogP contribution in [0.25, 0.3) is 22.4 Å². The molecular weight excluding hydrogens is 373 g/mol. The highest BCUT2D eigenvalue weighted by Crippen LogP contribution is 2.27. The number of halogens is 1. The van der Waals surface area contributed by atoms with Gasteiger partial charge in [-0.3, -0.25) is 14.5 Å². The summed E-state index contributed by atoms with van der Waals surface area (Å²) in [7, 11) is 1.80. The lowest BCUT2D eigenvalue weighted by Crippen LogP contribution is -2.15. The first kappa shape index (κ1) is 18.2. The average molecular weight is 389 g/mol. The Kier molecular flexibility index (Phi) is 4.70. The summed E-state index contributed by atoms with van der Waals surface area (Å²) in [5.74, 6) is -1.01. The Morgan fingerprint density at radius 3 is 2.48 bits per heavy atom. The molecule has 0 aliphatic carbocycles. The molecule has 8 nitrogen and oxygen atoms in total. The van der Waals surface area contributed by atoms with Crippen LogP contribution in [-0.2, 0) is 7.05 Å². The Morgan fingerprint density at radius 2 is 1.83 bits per heavy atom. The van der Waals surface area contributed by atoms with Gasteiger partial charge >= 0.3 is 0 Å². The average Bonchev–Trinajstić information content (AvgIpc) is 3.17. The van der Waals surface area contributed by atoms with E-state index in [1.54, 1.807) is 48.4 Å². The fourth-order valence-electron chi connectivity index (χ4n) is 2.72. The fourth-order valence-corrected chi connectivity index (χ4v) is 2.72. The molecule has 0 saturated heterocycles. The number of nitrogens with zero attached hydrogens (tertiary/aromatic N) is 5. The zero-order chi connectivity index (χ0) is 20.4. The third-order valence-corrected chi connectivity index (χ3v) is 4.25. The van der Waals surface area contributed by atoms with Gasteiger partial charge in [0.25, 0.3) is 5.91 Å². The second-order valence-corrected chi connectivity index (χ2v) is 6.32. The van der Waals surface area contributed by atoms with Crippen LogP contribution in [0, 0.1) is 5.95 Å². The van der Waals surface area contributed by atoms with E-state index in [9.17, 15) is 9.18 Å². The van der Waals surface area contributed by atoms with E-state index in [2.05, 4.69) is 25.4 Å². The molecule has 3 N–H and O–H groups in total. The van der Waals surface area contributed by atoms with Crippen LogP contribution in [-0.4, -0.2) is 30.6 Å². The Labute approximate surface area is 165 Å². The normalized spacial score (nSPS) is 10.7. The number of carbonyl (C=O) groups excluding carboxylic acids is 1. The minimum absolute atomic E-state index is 0.144. The SMILES string of the molecule is Cn1cc(-c2cnc(C(=O)Nc3cc(-c4ccc(F)nc4)ccc3N)cn2)cn1. The van der Waals surface area contributed by atoms with Crippen molar-refractivity contribution in [2.24, 2.45) is 7.05 Å². The van der Waals surface area contributed by atoms with Crippen molar-refractivity contribution in [3.63, 3.8) is 0 Å². The predicted octanol–water partition coefficient (Wildman–Crippen LogP) is 2.91. The number of rotatable bonds is 4. The number of carbonyl (C=O) groups is 1. The Bertz CT molecular complexity index is 1170. The van der Waals surface area contributed by atoms with Crippen LogP contribution in [0.15, 0.2) is 61.3 Å². The maximum absolute atomic E-state index is 13.0. The first-order chi connectivity index (χ1) is 14.0. The van der Waals surface area contributed by atoms with Gasteiger partial charge in [-0.05, 0) is 29.8 Å². The quantitative estimate of drug-likeness (QED) is 0.410. The number of hydrogen-bond donors (Lipinski definition) is 2. The van der Waals surface area contributed by atoms with Crippen molar-refractivity contribution in [1.29, 1.82) is 0 Å². The molecule has 3 heterocycles. The van der Waals surface area contributed by atoms with E-state index >= 15 is 0 Å². The molecule has 0 unspecified atom stereocenters. The molecule has 4 aromatic rings. The number of amides is 1. The number of pyridine rings is 1. The summed E-state index contributed by atoms with van der Waals surface area (Å²) in [6.07, 6.45) is 7.78.